The van der Waals surface area contributed by atoms with Gasteiger partial charge in [0.25, 0.3) is 0 Å². The number of amides is 1. The van der Waals surface area contributed by atoms with Gasteiger partial charge in [-0.3, -0.25) is 4.79 Å². The lowest BCUT2D eigenvalue weighted by atomic mass is 10.0. The Morgan fingerprint density at radius 1 is 0.931 bits per heavy atom. The highest BCUT2D eigenvalue weighted by molar-refractivity contribution is 5.90. The standard InChI is InChI=1S/C24H24N2O3/c27-24(15-20-6-3-5-19-4-1-2-7-21(19)20)26-12-10-25(11-13-26)16-18-8-9-22-23(14-18)29-17-28-22/h1-9,14H,10-13,15-17H2/p+1. The Bertz CT molecular complexity index is 1040. The number of carbonyl (C=O) groups excluding carboxylic acids is 1. The van der Waals surface area contributed by atoms with Gasteiger partial charge in [0.2, 0.25) is 12.7 Å². The summed E-state index contributed by atoms with van der Waals surface area (Å²) in [7, 11) is 0. The van der Waals surface area contributed by atoms with Crippen LogP contribution in [0.15, 0.2) is 60.7 Å². The summed E-state index contributed by atoms with van der Waals surface area (Å²) in [5.41, 5.74) is 2.36. The molecule has 1 amide bonds. The van der Waals surface area contributed by atoms with Crippen molar-refractivity contribution in [3.05, 3.63) is 71.8 Å². The molecule has 0 saturated carbocycles. The van der Waals surface area contributed by atoms with Crippen molar-refractivity contribution >= 4 is 16.7 Å². The first-order chi connectivity index (χ1) is 14.3. The Morgan fingerprint density at radius 3 is 2.62 bits per heavy atom. The Morgan fingerprint density at radius 2 is 1.72 bits per heavy atom. The van der Waals surface area contributed by atoms with Crippen molar-refractivity contribution in [2.24, 2.45) is 0 Å². The molecule has 0 aliphatic carbocycles. The van der Waals surface area contributed by atoms with Crippen LogP contribution in [0.1, 0.15) is 11.1 Å². The predicted octanol–water partition coefficient (Wildman–Crippen LogP) is 2.04. The molecular formula is C24H25N2O3+. The van der Waals surface area contributed by atoms with Crippen LogP contribution < -0.4 is 14.4 Å². The summed E-state index contributed by atoms with van der Waals surface area (Å²) >= 11 is 0. The number of fused-ring (bicyclic) bond motifs is 2. The second-order valence-electron chi connectivity index (χ2n) is 7.81. The molecule has 0 radical (unpaired) electrons. The molecule has 1 fully saturated rings. The number of piperazine rings is 1. The second-order valence-corrected chi connectivity index (χ2v) is 7.81. The maximum atomic E-state index is 12.9. The first kappa shape index (κ1) is 18.0. The molecule has 1 N–H and O–H groups in total. The summed E-state index contributed by atoms with van der Waals surface area (Å²) in [5, 5.41) is 2.37. The fourth-order valence-corrected chi connectivity index (χ4v) is 4.31. The molecule has 0 unspecified atom stereocenters. The van der Waals surface area contributed by atoms with Crippen LogP contribution in [0.2, 0.25) is 0 Å². The highest BCUT2D eigenvalue weighted by Crippen LogP contribution is 2.32. The number of ether oxygens (including phenoxy) is 2. The number of carbonyl (C=O) groups is 1. The van der Waals surface area contributed by atoms with E-state index < -0.39 is 0 Å². The number of nitrogens with zero attached hydrogens (tertiary/aromatic N) is 1. The summed E-state index contributed by atoms with van der Waals surface area (Å²) in [6, 6.07) is 20.7. The van der Waals surface area contributed by atoms with Gasteiger partial charge in [0.15, 0.2) is 11.5 Å². The Hall–Kier alpha value is -3.05. The highest BCUT2D eigenvalue weighted by atomic mass is 16.7. The second kappa shape index (κ2) is 7.76. The Labute approximate surface area is 170 Å². The maximum Gasteiger partial charge on any atom is 0.231 e. The van der Waals surface area contributed by atoms with Crippen LogP contribution in [0.4, 0.5) is 0 Å². The van der Waals surface area contributed by atoms with Crippen molar-refractivity contribution in [1.82, 2.24) is 4.90 Å². The maximum absolute atomic E-state index is 12.9. The zero-order valence-corrected chi connectivity index (χ0v) is 16.4. The number of rotatable bonds is 4. The third-order valence-electron chi connectivity index (χ3n) is 5.94. The molecular weight excluding hydrogens is 364 g/mol. The lowest BCUT2D eigenvalue weighted by Gasteiger charge is -2.32. The molecule has 3 aromatic carbocycles. The highest BCUT2D eigenvalue weighted by Gasteiger charge is 2.24. The fourth-order valence-electron chi connectivity index (χ4n) is 4.31. The number of benzene rings is 3. The van der Waals surface area contributed by atoms with Crippen molar-refractivity contribution < 1.29 is 19.2 Å². The average molecular weight is 389 g/mol. The molecule has 29 heavy (non-hydrogen) atoms. The molecule has 5 rings (SSSR count). The molecule has 2 aliphatic heterocycles. The van der Waals surface area contributed by atoms with Crippen LogP contribution in [-0.4, -0.2) is 43.8 Å². The van der Waals surface area contributed by atoms with Crippen LogP contribution in [-0.2, 0) is 17.8 Å². The lowest BCUT2D eigenvalue weighted by molar-refractivity contribution is -0.917. The summed E-state index contributed by atoms with van der Waals surface area (Å²) in [6.45, 7) is 4.81. The minimum absolute atomic E-state index is 0.225. The third-order valence-corrected chi connectivity index (χ3v) is 5.94. The van der Waals surface area contributed by atoms with Crippen molar-refractivity contribution in [2.75, 3.05) is 33.0 Å². The van der Waals surface area contributed by atoms with Crippen LogP contribution in [0.25, 0.3) is 10.8 Å². The third kappa shape index (κ3) is 3.78. The molecule has 148 valence electrons. The van der Waals surface area contributed by atoms with E-state index in [2.05, 4.69) is 36.4 Å². The summed E-state index contributed by atoms with van der Waals surface area (Å²) in [6.07, 6.45) is 0.471. The van der Waals surface area contributed by atoms with Crippen molar-refractivity contribution in [3.63, 3.8) is 0 Å². The summed E-state index contributed by atoms with van der Waals surface area (Å²) in [5.74, 6) is 1.89. The minimum Gasteiger partial charge on any atom is -0.454 e. The van der Waals surface area contributed by atoms with Crippen LogP contribution >= 0.6 is 0 Å². The van der Waals surface area contributed by atoms with E-state index in [1.807, 2.05) is 29.2 Å². The van der Waals surface area contributed by atoms with E-state index in [4.69, 9.17) is 9.47 Å². The minimum atomic E-state index is 0.225. The monoisotopic (exact) mass is 389 g/mol. The van der Waals surface area contributed by atoms with Gasteiger partial charge in [-0.25, -0.2) is 0 Å². The van der Waals surface area contributed by atoms with Crippen molar-refractivity contribution in [2.45, 2.75) is 13.0 Å². The normalized spacial score (nSPS) is 16.3. The number of quaternary nitrogens is 1. The SMILES string of the molecule is O=C(Cc1cccc2ccccc12)N1CC[NH+](Cc2ccc3c(c2)OCO3)CC1. The van der Waals surface area contributed by atoms with Gasteiger partial charge < -0.3 is 19.3 Å². The quantitative estimate of drug-likeness (QED) is 0.743. The van der Waals surface area contributed by atoms with E-state index in [0.29, 0.717) is 13.2 Å². The van der Waals surface area contributed by atoms with Crippen LogP contribution in [0.5, 0.6) is 11.5 Å². The van der Waals surface area contributed by atoms with Gasteiger partial charge >= 0.3 is 0 Å². The molecule has 3 aromatic rings. The van der Waals surface area contributed by atoms with Gasteiger partial charge in [0.1, 0.15) is 6.54 Å². The zero-order valence-electron chi connectivity index (χ0n) is 16.4. The van der Waals surface area contributed by atoms with Crippen LogP contribution in [0.3, 0.4) is 0 Å². The summed E-state index contributed by atoms with van der Waals surface area (Å²) in [4.78, 5) is 16.4. The van der Waals surface area contributed by atoms with Gasteiger partial charge in [0.05, 0.1) is 32.6 Å². The zero-order chi connectivity index (χ0) is 19.6. The molecule has 0 bridgehead atoms. The van der Waals surface area contributed by atoms with Gasteiger partial charge in [-0.2, -0.15) is 0 Å². The number of nitrogens with one attached hydrogen (secondary N) is 1. The first-order valence-corrected chi connectivity index (χ1v) is 10.2. The molecule has 0 atom stereocenters. The molecule has 1 saturated heterocycles. The topological polar surface area (TPSA) is 43.2 Å². The molecule has 0 spiro atoms. The van der Waals surface area contributed by atoms with E-state index in [1.54, 1.807) is 0 Å². The van der Waals surface area contributed by atoms with Crippen LogP contribution in [0, 0.1) is 0 Å². The van der Waals surface area contributed by atoms with Crippen molar-refractivity contribution in [1.29, 1.82) is 0 Å². The van der Waals surface area contributed by atoms with Gasteiger partial charge in [-0.1, -0.05) is 42.5 Å². The molecule has 5 heteroatoms. The van der Waals surface area contributed by atoms with E-state index in [0.717, 1.165) is 49.8 Å². The summed E-state index contributed by atoms with van der Waals surface area (Å²) < 4.78 is 10.9. The lowest BCUT2D eigenvalue weighted by Crippen LogP contribution is -3.13. The molecule has 0 aromatic heterocycles. The first-order valence-electron chi connectivity index (χ1n) is 10.2. The number of hydrogen-bond donors (Lipinski definition) is 1. The van der Waals surface area contributed by atoms with Gasteiger partial charge in [0, 0.05) is 5.56 Å². The fraction of sp³-hybridized carbons (Fsp3) is 0.292. The molecule has 5 nitrogen and oxygen atoms in total. The largest absolute Gasteiger partial charge is 0.454 e. The van der Waals surface area contributed by atoms with E-state index in [-0.39, 0.29) is 5.91 Å². The smallest absolute Gasteiger partial charge is 0.231 e. The van der Waals surface area contributed by atoms with E-state index in [1.165, 1.54) is 21.2 Å². The molecule has 2 aliphatic rings. The Kier molecular flexibility index (Phi) is 4.82. The van der Waals surface area contributed by atoms with Crippen molar-refractivity contribution in [3.8, 4) is 11.5 Å². The molecule has 2 heterocycles. The Balaban J connectivity index is 1.19. The van der Waals surface area contributed by atoms with Gasteiger partial charge in [-0.15, -0.1) is 0 Å². The van der Waals surface area contributed by atoms with E-state index in [9.17, 15) is 4.79 Å². The van der Waals surface area contributed by atoms with E-state index >= 15 is 0 Å². The van der Waals surface area contributed by atoms with Gasteiger partial charge in [-0.05, 0) is 34.5 Å². The number of hydrogen-bond acceptors (Lipinski definition) is 3. The average Bonchev–Trinajstić information content (AvgIpc) is 3.22. The predicted molar refractivity (Wildman–Crippen MR) is 111 cm³/mol.